The Kier molecular flexibility index (Phi) is 4.29. The highest BCUT2D eigenvalue weighted by atomic mass is 16.1. The second-order valence-electron chi connectivity index (χ2n) is 6.46. The van der Waals surface area contributed by atoms with Crippen molar-refractivity contribution in [3.8, 4) is 0 Å². The molecule has 2 aliphatic rings. The van der Waals surface area contributed by atoms with Gasteiger partial charge in [-0.25, -0.2) is 0 Å². The Labute approximate surface area is 126 Å². The Morgan fingerprint density at radius 1 is 1.33 bits per heavy atom. The van der Waals surface area contributed by atoms with Gasteiger partial charge in [0.2, 0.25) is 5.91 Å². The fourth-order valence-corrected chi connectivity index (χ4v) is 3.80. The molecule has 1 aromatic heterocycles. The maximum absolute atomic E-state index is 12.2. The molecule has 2 aliphatic heterocycles. The van der Waals surface area contributed by atoms with E-state index in [1.165, 1.54) is 25.8 Å². The summed E-state index contributed by atoms with van der Waals surface area (Å²) in [5, 5.41) is 7.66. The second-order valence-corrected chi connectivity index (χ2v) is 6.46. The zero-order valence-electron chi connectivity index (χ0n) is 13.1. The van der Waals surface area contributed by atoms with Gasteiger partial charge in [-0.05, 0) is 45.7 Å². The van der Waals surface area contributed by atoms with Crippen molar-refractivity contribution in [3.63, 3.8) is 0 Å². The van der Waals surface area contributed by atoms with E-state index in [1.807, 2.05) is 18.5 Å². The quantitative estimate of drug-likeness (QED) is 0.917. The van der Waals surface area contributed by atoms with Gasteiger partial charge in [0.25, 0.3) is 0 Å². The number of aromatic nitrogens is 2. The Morgan fingerprint density at radius 3 is 2.95 bits per heavy atom. The van der Waals surface area contributed by atoms with E-state index in [0.717, 1.165) is 24.4 Å². The summed E-state index contributed by atoms with van der Waals surface area (Å²) in [6, 6.07) is 2.99. The third-order valence-corrected chi connectivity index (χ3v) is 4.86. The Morgan fingerprint density at radius 2 is 2.19 bits per heavy atom. The van der Waals surface area contributed by atoms with Gasteiger partial charge in [-0.1, -0.05) is 6.42 Å². The molecule has 0 aliphatic carbocycles. The first-order valence-electron chi connectivity index (χ1n) is 8.18. The minimum Gasteiger partial charge on any atom is -0.352 e. The van der Waals surface area contributed by atoms with Crippen LogP contribution in [-0.4, -0.2) is 45.8 Å². The number of hydrogen-bond acceptors (Lipinski definition) is 3. The second kappa shape index (κ2) is 6.18. The van der Waals surface area contributed by atoms with Crippen molar-refractivity contribution in [2.75, 3.05) is 13.1 Å². The van der Waals surface area contributed by atoms with Crippen molar-refractivity contribution in [1.82, 2.24) is 20.0 Å². The summed E-state index contributed by atoms with van der Waals surface area (Å²) in [7, 11) is 0. The summed E-state index contributed by atoms with van der Waals surface area (Å²) in [6.45, 7) is 7.05. The molecular weight excluding hydrogens is 264 g/mol. The van der Waals surface area contributed by atoms with Gasteiger partial charge >= 0.3 is 0 Å². The molecule has 3 rings (SSSR count). The van der Waals surface area contributed by atoms with Crippen LogP contribution in [0.25, 0.3) is 0 Å². The maximum Gasteiger partial charge on any atom is 0.222 e. The Balaban J connectivity index is 1.49. The van der Waals surface area contributed by atoms with E-state index in [9.17, 15) is 4.79 Å². The third kappa shape index (κ3) is 3.28. The maximum atomic E-state index is 12.2. The average Bonchev–Trinajstić information content (AvgIpc) is 3.00. The van der Waals surface area contributed by atoms with Crippen LogP contribution in [-0.2, 0) is 11.3 Å². The van der Waals surface area contributed by atoms with Crippen LogP contribution in [0, 0.1) is 13.8 Å². The first-order valence-corrected chi connectivity index (χ1v) is 8.18. The number of fused-ring (bicyclic) bond motifs is 1. The summed E-state index contributed by atoms with van der Waals surface area (Å²) >= 11 is 0. The lowest BCUT2D eigenvalue weighted by molar-refractivity contribution is -0.122. The number of nitrogens with one attached hydrogen (secondary N) is 1. The lowest BCUT2D eigenvalue weighted by Crippen LogP contribution is -2.46. The summed E-state index contributed by atoms with van der Waals surface area (Å²) in [6.07, 6.45) is 5.48. The SMILES string of the molecule is Cc1cc(C)n(CCC(=O)N[C@@H]2CCN3CCCC[C@H]23)n1. The van der Waals surface area contributed by atoms with Gasteiger partial charge < -0.3 is 5.32 Å². The number of piperidine rings is 1. The molecule has 0 radical (unpaired) electrons. The first-order chi connectivity index (χ1) is 10.1. The van der Waals surface area contributed by atoms with E-state index >= 15 is 0 Å². The average molecular weight is 290 g/mol. The molecule has 0 unspecified atom stereocenters. The van der Waals surface area contributed by atoms with Crippen molar-refractivity contribution in [2.45, 2.75) is 64.6 Å². The van der Waals surface area contributed by atoms with Crippen LogP contribution in [0.1, 0.15) is 43.5 Å². The lowest BCUT2D eigenvalue weighted by Gasteiger charge is -2.32. The fourth-order valence-electron chi connectivity index (χ4n) is 3.80. The number of rotatable bonds is 4. The summed E-state index contributed by atoms with van der Waals surface area (Å²) < 4.78 is 1.93. The monoisotopic (exact) mass is 290 g/mol. The van der Waals surface area contributed by atoms with Gasteiger partial charge in [0.05, 0.1) is 5.69 Å². The first kappa shape index (κ1) is 14.6. The number of carbonyl (C=O) groups is 1. The predicted octanol–water partition coefficient (Wildman–Crippen LogP) is 1.63. The van der Waals surface area contributed by atoms with Crippen molar-refractivity contribution in [1.29, 1.82) is 0 Å². The molecule has 0 bridgehead atoms. The largest absolute Gasteiger partial charge is 0.352 e. The molecule has 0 saturated carbocycles. The highest BCUT2D eigenvalue weighted by Crippen LogP contribution is 2.27. The number of carbonyl (C=O) groups excluding carboxylic acids is 1. The van der Waals surface area contributed by atoms with Crippen LogP contribution < -0.4 is 5.32 Å². The Hall–Kier alpha value is -1.36. The predicted molar refractivity (Wildman–Crippen MR) is 82.1 cm³/mol. The molecule has 2 fully saturated rings. The summed E-state index contributed by atoms with van der Waals surface area (Å²) in [5.74, 6) is 0.167. The van der Waals surface area contributed by atoms with Crippen LogP contribution in [0.5, 0.6) is 0 Å². The molecule has 5 heteroatoms. The molecule has 1 N–H and O–H groups in total. The van der Waals surface area contributed by atoms with Gasteiger partial charge in [-0.3, -0.25) is 14.4 Å². The molecule has 5 nitrogen and oxygen atoms in total. The molecule has 2 atom stereocenters. The van der Waals surface area contributed by atoms with Crippen molar-refractivity contribution < 1.29 is 4.79 Å². The number of nitrogens with zero attached hydrogens (tertiary/aromatic N) is 3. The summed E-state index contributed by atoms with van der Waals surface area (Å²) in [5.41, 5.74) is 2.14. The minimum absolute atomic E-state index is 0.167. The van der Waals surface area contributed by atoms with Crippen molar-refractivity contribution in [3.05, 3.63) is 17.5 Å². The van der Waals surface area contributed by atoms with E-state index in [-0.39, 0.29) is 5.91 Å². The molecule has 0 aromatic carbocycles. The van der Waals surface area contributed by atoms with E-state index in [1.54, 1.807) is 0 Å². The fraction of sp³-hybridized carbons (Fsp3) is 0.750. The molecule has 116 valence electrons. The number of aryl methyl sites for hydroxylation is 3. The molecule has 1 aromatic rings. The van der Waals surface area contributed by atoms with Gasteiger partial charge in [0.1, 0.15) is 0 Å². The van der Waals surface area contributed by atoms with Crippen LogP contribution in [0.2, 0.25) is 0 Å². The van der Waals surface area contributed by atoms with Crippen molar-refractivity contribution >= 4 is 5.91 Å². The highest BCUT2D eigenvalue weighted by molar-refractivity contribution is 5.76. The highest BCUT2D eigenvalue weighted by Gasteiger charge is 2.35. The van der Waals surface area contributed by atoms with E-state index < -0.39 is 0 Å². The van der Waals surface area contributed by atoms with Gasteiger partial charge in [0, 0.05) is 37.3 Å². The van der Waals surface area contributed by atoms with Gasteiger partial charge in [-0.2, -0.15) is 5.10 Å². The standard InChI is InChI=1S/C16H26N4O/c1-12-11-13(2)20(18-12)10-7-16(21)17-14-6-9-19-8-4-3-5-15(14)19/h11,14-15H,3-10H2,1-2H3,(H,17,21)/t14-,15-/m1/s1. The summed E-state index contributed by atoms with van der Waals surface area (Å²) in [4.78, 5) is 14.7. The lowest BCUT2D eigenvalue weighted by atomic mass is 9.99. The molecular formula is C16H26N4O. The molecule has 2 saturated heterocycles. The van der Waals surface area contributed by atoms with E-state index in [0.29, 0.717) is 25.0 Å². The zero-order valence-corrected chi connectivity index (χ0v) is 13.1. The van der Waals surface area contributed by atoms with Gasteiger partial charge in [-0.15, -0.1) is 0 Å². The molecule has 3 heterocycles. The topological polar surface area (TPSA) is 50.2 Å². The molecule has 0 spiro atoms. The van der Waals surface area contributed by atoms with Crippen LogP contribution in [0.4, 0.5) is 0 Å². The number of amides is 1. The third-order valence-electron chi connectivity index (χ3n) is 4.86. The van der Waals surface area contributed by atoms with Crippen LogP contribution >= 0.6 is 0 Å². The van der Waals surface area contributed by atoms with Crippen molar-refractivity contribution in [2.24, 2.45) is 0 Å². The normalized spacial score (nSPS) is 25.8. The van der Waals surface area contributed by atoms with Crippen LogP contribution in [0.3, 0.4) is 0 Å². The number of hydrogen-bond donors (Lipinski definition) is 1. The zero-order chi connectivity index (χ0) is 14.8. The molecule has 21 heavy (non-hydrogen) atoms. The minimum atomic E-state index is 0.167. The Bertz CT molecular complexity index is 510. The smallest absolute Gasteiger partial charge is 0.222 e. The van der Waals surface area contributed by atoms with E-state index in [2.05, 4.69) is 21.4 Å². The van der Waals surface area contributed by atoms with Crippen LogP contribution in [0.15, 0.2) is 6.07 Å². The van der Waals surface area contributed by atoms with E-state index in [4.69, 9.17) is 0 Å². The van der Waals surface area contributed by atoms with Gasteiger partial charge in [0.15, 0.2) is 0 Å². The molecule has 1 amide bonds.